The van der Waals surface area contributed by atoms with Crippen LogP contribution in [-0.2, 0) is 9.84 Å². The smallest absolute Gasteiger partial charge is 0.209 e. The van der Waals surface area contributed by atoms with E-state index in [1.54, 1.807) is 22.7 Å². The van der Waals surface area contributed by atoms with Crippen molar-refractivity contribution in [2.45, 2.75) is 37.5 Å². The lowest BCUT2D eigenvalue weighted by Crippen LogP contribution is -2.09. The topological polar surface area (TPSA) is 34.1 Å². The Balaban J connectivity index is 0.789. The van der Waals surface area contributed by atoms with Gasteiger partial charge in [-0.2, -0.15) is 0 Å². The molecule has 0 bridgehead atoms. The van der Waals surface area contributed by atoms with E-state index in [4.69, 9.17) is 0 Å². The van der Waals surface area contributed by atoms with Gasteiger partial charge in [0.25, 0.3) is 0 Å². The van der Waals surface area contributed by atoms with Gasteiger partial charge in [-0.25, -0.2) is 8.42 Å². The van der Waals surface area contributed by atoms with Gasteiger partial charge < -0.3 is 0 Å². The minimum Gasteiger partial charge on any atom is -0.218 e. The van der Waals surface area contributed by atoms with Crippen molar-refractivity contribution in [2.24, 2.45) is 0 Å². The second kappa shape index (κ2) is 28.9. The molecular weight excluding hydrogens is 1620 g/mol. The zero-order valence-corrected chi connectivity index (χ0v) is 73.6. The number of aryl methyl sites for hydroxylation is 4. The van der Waals surface area contributed by atoms with E-state index in [9.17, 15) is 0 Å². The number of fused-ring (bicyclic) bond motifs is 18. The Morgan fingerprint density at radius 3 is 0.698 bits per heavy atom. The third-order valence-electron chi connectivity index (χ3n) is 28.0. The van der Waals surface area contributed by atoms with Crippen LogP contribution in [0.25, 0.3) is 259 Å². The summed E-state index contributed by atoms with van der Waals surface area (Å²) in [6, 6.07) is 147. The molecule has 5 heteroatoms. The maximum Gasteiger partial charge on any atom is 0.209 e. The Labute approximate surface area is 753 Å². The standard InChI is InChI=1S/C124H78O2S3/c1-71-25-21-45-99-109(71)117(93-41-17-13-37-89(93)113(99)83-53-49-75-29-5-9-33-79(75)65-83)87-57-59-97-107(69-87)127-105-63-61-103(119-95-43-19-15-39-91(95)115(101-47-23-27-73(3)111(101)119)85-55-51-77-31-7-11-35-81(77)67-85)123(121(97)105)129(125,126)124-104(120-96-44-20-16-40-92(96)116(102-48-24-28-74(4)112(102)120)86-56-52-78-32-8-12-36-82(78)68-86)62-64-106-122(124)98-60-58-88(70-108(98)128-106)118-94-42-18-14-38-90(94)114(100-46-22-26-72(2)110(100)118)84-54-50-76-30-6-10-34-80(76)66-84/h5-70H,1-4H3. The van der Waals surface area contributed by atoms with E-state index >= 15 is 8.42 Å². The first-order valence-corrected chi connectivity index (χ1v) is 47.5. The van der Waals surface area contributed by atoms with E-state index in [1.807, 2.05) is 0 Å². The Bertz CT molecular complexity index is 9050. The summed E-state index contributed by atoms with van der Waals surface area (Å²) < 4.78 is 42.9. The Morgan fingerprint density at radius 1 is 0.171 bits per heavy atom. The van der Waals surface area contributed by atoms with Gasteiger partial charge in [0.05, 0.1) is 9.79 Å². The summed E-state index contributed by atoms with van der Waals surface area (Å²) in [7, 11) is -4.87. The average Bonchev–Trinajstić information content (AvgIpc) is 1.64. The number of benzene rings is 24. The van der Waals surface area contributed by atoms with Crippen LogP contribution in [0.3, 0.4) is 0 Å². The Kier molecular flexibility index (Phi) is 16.8. The molecule has 26 rings (SSSR count). The molecule has 0 atom stereocenters. The number of sulfone groups is 1. The van der Waals surface area contributed by atoms with Gasteiger partial charge >= 0.3 is 0 Å². The Morgan fingerprint density at radius 2 is 0.403 bits per heavy atom. The first-order chi connectivity index (χ1) is 63.4. The molecule has 0 amide bonds. The molecule has 2 aromatic heterocycles. The van der Waals surface area contributed by atoms with Crippen molar-refractivity contribution in [3.63, 3.8) is 0 Å². The van der Waals surface area contributed by atoms with Crippen LogP contribution in [0.4, 0.5) is 0 Å². The molecule has 0 radical (unpaired) electrons. The van der Waals surface area contributed by atoms with Crippen LogP contribution < -0.4 is 0 Å². The van der Waals surface area contributed by atoms with E-state index in [2.05, 4.69) is 428 Å². The average molecular weight is 1700 g/mol. The highest BCUT2D eigenvalue weighted by Crippen LogP contribution is 2.58. The van der Waals surface area contributed by atoms with E-state index < -0.39 is 9.84 Å². The highest BCUT2D eigenvalue weighted by Gasteiger charge is 2.37. The zero-order valence-electron chi connectivity index (χ0n) is 71.1. The maximum atomic E-state index is 19.6. The molecule has 0 unspecified atom stereocenters. The molecule has 0 saturated heterocycles. The second-order valence-electron chi connectivity index (χ2n) is 35.2. The third kappa shape index (κ3) is 11.4. The maximum absolute atomic E-state index is 19.6. The number of hydrogen-bond acceptors (Lipinski definition) is 4. The zero-order chi connectivity index (χ0) is 85.8. The van der Waals surface area contributed by atoms with Gasteiger partial charge in [0.2, 0.25) is 9.84 Å². The first-order valence-electron chi connectivity index (χ1n) is 44.4. The lowest BCUT2D eigenvalue weighted by molar-refractivity contribution is 0.598. The third-order valence-corrected chi connectivity index (χ3v) is 32.2. The summed E-state index contributed by atoms with van der Waals surface area (Å²) in [5.74, 6) is 0. The molecule has 0 aliphatic rings. The van der Waals surface area contributed by atoms with Crippen LogP contribution in [-0.4, -0.2) is 8.42 Å². The fourth-order valence-corrected chi connectivity index (χ4v) is 27.0. The summed E-state index contributed by atoms with van der Waals surface area (Å²) in [6.07, 6.45) is 0. The molecule has 0 aliphatic heterocycles. The molecule has 0 saturated carbocycles. The van der Waals surface area contributed by atoms with E-state index in [0.717, 1.165) is 172 Å². The lowest BCUT2D eigenvalue weighted by atomic mass is 9.83. The van der Waals surface area contributed by atoms with Gasteiger partial charge in [0.15, 0.2) is 0 Å². The van der Waals surface area contributed by atoms with E-state index in [1.165, 1.54) is 87.2 Å². The largest absolute Gasteiger partial charge is 0.218 e. The Hall–Kier alpha value is -15.2. The van der Waals surface area contributed by atoms with Crippen molar-refractivity contribution in [2.75, 3.05) is 0 Å². The van der Waals surface area contributed by atoms with Crippen molar-refractivity contribution in [1.82, 2.24) is 0 Å². The summed E-state index contributed by atoms with van der Waals surface area (Å²) >= 11 is 3.36. The van der Waals surface area contributed by atoms with Gasteiger partial charge in [-0.15, -0.1) is 22.7 Å². The van der Waals surface area contributed by atoms with Crippen LogP contribution in [0.15, 0.2) is 410 Å². The normalized spacial score (nSPS) is 12.2. The van der Waals surface area contributed by atoms with Crippen LogP contribution in [0.5, 0.6) is 0 Å². The molecule has 2 heterocycles. The van der Waals surface area contributed by atoms with Crippen molar-refractivity contribution in [1.29, 1.82) is 0 Å². The van der Waals surface area contributed by atoms with Gasteiger partial charge in [-0.05, 0) is 306 Å². The van der Waals surface area contributed by atoms with Crippen molar-refractivity contribution >= 4 is 202 Å². The van der Waals surface area contributed by atoms with Crippen molar-refractivity contribution in [3.05, 3.63) is 423 Å². The SMILES string of the molecule is Cc1cccc2c(-c3ccc4ccccc4c3)c3ccccc3c(-c3ccc4c(c3)sc3ccc(-c5c6ccccc6c(-c6ccc7ccccc7c6)c6cccc(C)c56)c(S(=O)(=O)c5c(-c6c7ccccc7c(-c7ccc8ccccc8c7)c7cccc(C)c67)ccc6sc7cc(-c8c9ccccc9c(-c9ccc%10ccccc%10c9)c9cccc(C)c89)ccc7c56)c34)c12. The summed E-state index contributed by atoms with van der Waals surface area (Å²) in [6.45, 7) is 8.91. The quantitative estimate of drug-likeness (QED) is 0.128. The van der Waals surface area contributed by atoms with Gasteiger partial charge in [-0.3, -0.25) is 0 Å². The number of hydrogen-bond donors (Lipinski definition) is 0. The van der Waals surface area contributed by atoms with Gasteiger partial charge in [0.1, 0.15) is 0 Å². The van der Waals surface area contributed by atoms with Crippen LogP contribution in [0.2, 0.25) is 0 Å². The number of rotatable bonds is 10. The van der Waals surface area contributed by atoms with E-state index in [-0.39, 0.29) is 9.79 Å². The minimum atomic E-state index is -4.87. The van der Waals surface area contributed by atoms with Gasteiger partial charge in [0, 0.05) is 51.5 Å². The minimum absolute atomic E-state index is 0.279. The predicted molar refractivity (Wildman–Crippen MR) is 557 cm³/mol. The molecular formula is C124H78O2S3. The summed E-state index contributed by atoms with van der Waals surface area (Å²) in [4.78, 5) is 0.558. The molecule has 26 aromatic rings. The first kappa shape index (κ1) is 75.1. The second-order valence-corrected chi connectivity index (χ2v) is 39.2. The molecule has 2 nitrogen and oxygen atoms in total. The van der Waals surface area contributed by atoms with Crippen LogP contribution in [0, 0.1) is 27.7 Å². The lowest BCUT2D eigenvalue weighted by Gasteiger charge is -2.24. The van der Waals surface area contributed by atoms with Crippen molar-refractivity contribution in [3.8, 4) is 89.0 Å². The molecule has 129 heavy (non-hydrogen) atoms. The monoisotopic (exact) mass is 1690 g/mol. The summed E-state index contributed by atoms with van der Waals surface area (Å²) in [5, 5.41) is 30.0. The molecule has 0 aliphatic carbocycles. The highest BCUT2D eigenvalue weighted by molar-refractivity contribution is 7.92. The van der Waals surface area contributed by atoms with Crippen LogP contribution >= 0.6 is 22.7 Å². The molecule has 0 N–H and O–H groups in total. The molecule has 0 spiro atoms. The van der Waals surface area contributed by atoms with Crippen LogP contribution in [0.1, 0.15) is 22.3 Å². The molecule has 0 fully saturated rings. The summed E-state index contributed by atoms with van der Waals surface area (Å²) in [5.41, 5.74) is 21.0. The fraction of sp³-hybridized carbons (Fsp3) is 0.0323. The van der Waals surface area contributed by atoms with Crippen molar-refractivity contribution < 1.29 is 8.42 Å². The molecule has 24 aromatic carbocycles. The van der Waals surface area contributed by atoms with E-state index in [0.29, 0.717) is 21.9 Å². The highest BCUT2D eigenvalue weighted by atomic mass is 32.2. The fourth-order valence-electron chi connectivity index (χ4n) is 22.4. The van der Waals surface area contributed by atoms with Gasteiger partial charge in [-0.1, -0.05) is 352 Å². The molecule has 604 valence electrons. The predicted octanol–water partition coefficient (Wildman–Crippen LogP) is 35.7. The number of thiophene rings is 2.